The normalized spacial score (nSPS) is 19.7. The third-order valence-corrected chi connectivity index (χ3v) is 7.79. The number of nitrogens with one attached hydrogen (secondary N) is 1. The molecule has 1 aliphatic carbocycles. The van der Waals surface area contributed by atoms with E-state index in [1.807, 2.05) is 37.3 Å². The molecule has 4 aromatic rings. The third kappa shape index (κ3) is 4.57. The molecule has 0 radical (unpaired) electrons. The maximum Gasteiger partial charge on any atom is 0.316 e. The molecule has 2 fully saturated rings. The number of carbonyl (C=O) groups is 3. The number of aryl methyl sites for hydroxylation is 1. The molecular weight excluding hydrogens is 510 g/mol. The van der Waals surface area contributed by atoms with Crippen molar-refractivity contribution in [1.29, 1.82) is 0 Å². The lowest BCUT2D eigenvalue weighted by atomic mass is 9.97. The molecule has 1 aromatic carbocycles. The van der Waals surface area contributed by atoms with E-state index >= 15 is 0 Å². The maximum atomic E-state index is 13.8. The molecule has 0 spiro atoms. The van der Waals surface area contributed by atoms with E-state index in [1.54, 1.807) is 28.0 Å². The van der Waals surface area contributed by atoms with E-state index in [4.69, 9.17) is 4.74 Å². The summed E-state index contributed by atoms with van der Waals surface area (Å²) in [5, 5.41) is 8.07. The van der Waals surface area contributed by atoms with E-state index in [1.165, 1.54) is 14.0 Å². The fourth-order valence-corrected chi connectivity index (χ4v) is 6.02. The second-order valence-electron chi connectivity index (χ2n) is 10.4. The van der Waals surface area contributed by atoms with Gasteiger partial charge in [-0.2, -0.15) is 5.10 Å². The summed E-state index contributed by atoms with van der Waals surface area (Å²) in [5.41, 5.74) is 3.30. The highest BCUT2D eigenvalue weighted by atomic mass is 16.5. The molecule has 40 heavy (non-hydrogen) atoms. The molecule has 0 unspecified atom stereocenters. The number of carbonyl (C=O) groups excluding carboxylic acids is 3. The topological polar surface area (TPSA) is 132 Å². The lowest BCUT2D eigenvalue weighted by Crippen LogP contribution is -2.52. The molecular formula is C29H29N7O4. The van der Waals surface area contributed by atoms with Crippen molar-refractivity contribution >= 4 is 34.3 Å². The van der Waals surface area contributed by atoms with Gasteiger partial charge in [0.15, 0.2) is 5.78 Å². The molecule has 3 aromatic heterocycles. The van der Waals surface area contributed by atoms with E-state index in [2.05, 4.69) is 25.4 Å². The summed E-state index contributed by atoms with van der Waals surface area (Å²) in [7, 11) is 1.50. The van der Waals surface area contributed by atoms with Crippen LogP contribution in [0.25, 0.3) is 22.0 Å². The summed E-state index contributed by atoms with van der Waals surface area (Å²) in [4.78, 5) is 54.1. The van der Waals surface area contributed by atoms with Crippen molar-refractivity contribution in [2.45, 2.75) is 51.7 Å². The highest BCUT2D eigenvalue weighted by Gasteiger charge is 2.51. The summed E-state index contributed by atoms with van der Waals surface area (Å²) in [6.07, 6.45) is 5.87. The Morgan fingerprint density at radius 3 is 2.60 bits per heavy atom. The Morgan fingerprint density at radius 1 is 1.07 bits per heavy atom. The number of Topliss-reactive ketones (excluding diaryl/α,β-unsaturated/α-hetero) is 1. The molecule has 4 heterocycles. The summed E-state index contributed by atoms with van der Waals surface area (Å²) in [6.45, 7) is 3.24. The zero-order valence-electron chi connectivity index (χ0n) is 22.5. The van der Waals surface area contributed by atoms with Gasteiger partial charge in [0, 0.05) is 42.0 Å². The van der Waals surface area contributed by atoms with Gasteiger partial charge in [0.05, 0.1) is 12.6 Å². The minimum Gasteiger partial charge on any atom is -0.467 e. The van der Waals surface area contributed by atoms with Crippen LogP contribution in [0.15, 0.2) is 48.8 Å². The average Bonchev–Trinajstić information content (AvgIpc) is 3.66. The number of ketones is 1. The monoisotopic (exact) mass is 539 g/mol. The fraction of sp³-hybridized carbons (Fsp3) is 0.345. The number of benzene rings is 1. The van der Waals surface area contributed by atoms with Crippen LogP contribution in [0, 0.1) is 12.8 Å². The van der Waals surface area contributed by atoms with Gasteiger partial charge in [0.25, 0.3) is 0 Å². The Hall–Kier alpha value is -4.67. The van der Waals surface area contributed by atoms with E-state index in [0.717, 1.165) is 36.1 Å². The van der Waals surface area contributed by atoms with Crippen molar-refractivity contribution in [3.8, 4) is 17.1 Å². The number of hydrogen-bond acceptors (Lipinski definition) is 8. The molecule has 6 rings (SSSR count). The number of aromatic nitrogens is 5. The first-order chi connectivity index (χ1) is 19.3. The zero-order valence-corrected chi connectivity index (χ0v) is 22.5. The molecule has 3 atom stereocenters. The van der Waals surface area contributed by atoms with Crippen LogP contribution in [-0.2, 0) is 16.1 Å². The molecule has 1 N–H and O–H groups in total. The van der Waals surface area contributed by atoms with Crippen LogP contribution >= 0.6 is 0 Å². The van der Waals surface area contributed by atoms with Gasteiger partial charge in [-0.1, -0.05) is 12.1 Å². The third-order valence-electron chi connectivity index (χ3n) is 7.79. The first-order valence-electron chi connectivity index (χ1n) is 13.3. The number of likely N-dealkylation sites (tertiary alicyclic amines) is 1. The number of piperidine rings is 1. The molecule has 2 bridgehead atoms. The van der Waals surface area contributed by atoms with Gasteiger partial charge < -0.3 is 15.0 Å². The Morgan fingerprint density at radius 2 is 1.88 bits per heavy atom. The fourth-order valence-electron chi connectivity index (χ4n) is 6.02. The second-order valence-corrected chi connectivity index (χ2v) is 10.4. The van der Waals surface area contributed by atoms with E-state index in [9.17, 15) is 14.4 Å². The van der Waals surface area contributed by atoms with Crippen LogP contribution in [0.1, 0.15) is 42.4 Å². The van der Waals surface area contributed by atoms with Crippen molar-refractivity contribution in [2.75, 3.05) is 12.4 Å². The number of nitrogens with zero attached hydrogens (tertiary/aromatic N) is 6. The number of fused-ring (bicyclic) bond motifs is 3. The van der Waals surface area contributed by atoms with Crippen LogP contribution in [-0.4, -0.2) is 66.4 Å². The van der Waals surface area contributed by atoms with Crippen LogP contribution < -0.4 is 10.1 Å². The number of anilines is 1. The molecule has 11 nitrogen and oxygen atoms in total. The van der Waals surface area contributed by atoms with Gasteiger partial charge >= 0.3 is 6.01 Å². The number of rotatable bonds is 7. The minimum atomic E-state index is -0.565. The highest BCUT2D eigenvalue weighted by Crippen LogP contribution is 2.43. The summed E-state index contributed by atoms with van der Waals surface area (Å²) >= 11 is 0. The smallest absolute Gasteiger partial charge is 0.316 e. The van der Waals surface area contributed by atoms with E-state index in [-0.39, 0.29) is 47.8 Å². The van der Waals surface area contributed by atoms with E-state index in [0.29, 0.717) is 16.7 Å². The van der Waals surface area contributed by atoms with Crippen LogP contribution in [0.3, 0.4) is 0 Å². The summed E-state index contributed by atoms with van der Waals surface area (Å²) in [6, 6.07) is 10.7. The lowest BCUT2D eigenvalue weighted by molar-refractivity contribution is -0.141. The summed E-state index contributed by atoms with van der Waals surface area (Å²) in [5.74, 6) is -0.0449. The van der Waals surface area contributed by atoms with Crippen LogP contribution in [0.2, 0.25) is 0 Å². The molecule has 2 amide bonds. The number of hydrogen-bond donors (Lipinski definition) is 1. The summed E-state index contributed by atoms with van der Waals surface area (Å²) < 4.78 is 6.60. The largest absolute Gasteiger partial charge is 0.467 e. The molecule has 204 valence electrons. The van der Waals surface area contributed by atoms with Gasteiger partial charge in [-0.15, -0.1) is 0 Å². The lowest BCUT2D eigenvalue weighted by Gasteiger charge is -2.34. The van der Waals surface area contributed by atoms with Crippen molar-refractivity contribution < 1.29 is 19.1 Å². The van der Waals surface area contributed by atoms with Gasteiger partial charge in [-0.3, -0.25) is 19.1 Å². The van der Waals surface area contributed by atoms with E-state index < -0.39 is 6.04 Å². The van der Waals surface area contributed by atoms with Gasteiger partial charge in [-0.25, -0.2) is 15.0 Å². The quantitative estimate of drug-likeness (QED) is 0.353. The van der Waals surface area contributed by atoms with Gasteiger partial charge in [-0.05, 0) is 61.9 Å². The SMILES string of the molecule is COc1ncc(-c2ccc3c(c2)c(C(C)=O)nn3CC(=O)N2[C@@H]3CC[C@@H](C3)[C@H]2C(=O)Nc2cccc(C)n2)cn1. The zero-order chi connectivity index (χ0) is 28.0. The average molecular weight is 540 g/mol. The van der Waals surface area contributed by atoms with Crippen LogP contribution in [0.5, 0.6) is 6.01 Å². The molecule has 1 saturated carbocycles. The first kappa shape index (κ1) is 25.6. The molecule has 2 aliphatic rings. The number of pyridine rings is 1. The maximum absolute atomic E-state index is 13.8. The standard InChI is InChI=1S/C29H29N7O4/c1-16-5-4-6-24(32-16)33-28(39)27-19-7-9-21(11-19)36(27)25(38)15-35-23-10-8-18(12-22(23)26(34-35)17(2)37)20-13-30-29(40-3)31-14-20/h4-6,8,10,12-14,19,21,27H,7,9,11,15H2,1-3H3,(H,32,33,39)/t19-,21+,27-/m0/s1. The Balaban J connectivity index is 1.28. The minimum absolute atomic E-state index is 0.00879. The number of methoxy groups -OCH3 is 1. The predicted octanol–water partition coefficient (Wildman–Crippen LogP) is 3.43. The van der Waals surface area contributed by atoms with Crippen molar-refractivity contribution in [3.05, 3.63) is 60.2 Å². The van der Waals surface area contributed by atoms with Gasteiger partial charge in [0.2, 0.25) is 11.8 Å². The van der Waals surface area contributed by atoms with Crippen LogP contribution in [0.4, 0.5) is 5.82 Å². The molecule has 11 heteroatoms. The molecule has 1 aliphatic heterocycles. The molecule has 1 saturated heterocycles. The Bertz CT molecular complexity index is 1630. The predicted molar refractivity (Wildman–Crippen MR) is 147 cm³/mol. The second kappa shape index (κ2) is 10.1. The van der Waals surface area contributed by atoms with Gasteiger partial charge in [0.1, 0.15) is 24.1 Å². The highest BCUT2D eigenvalue weighted by molar-refractivity contribution is 6.06. The number of amides is 2. The number of ether oxygens (including phenoxy) is 1. The Kier molecular flexibility index (Phi) is 6.49. The Labute approximate surface area is 230 Å². The van der Waals surface area contributed by atoms with Crippen molar-refractivity contribution in [2.24, 2.45) is 5.92 Å². The van der Waals surface area contributed by atoms with Crippen molar-refractivity contribution in [3.63, 3.8) is 0 Å². The first-order valence-corrected chi connectivity index (χ1v) is 13.3. The van der Waals surface area contributed by atoms with Crippen molar-refractivity contribution in [1.82, 2.24) is 29.6 Å².